The van der Waals surface area contributed by atoms with Gasteiger partial charge in [0.2, 0.25) is 11.8 Å². The number of nitrogens with one attached hydrogen (secondary N) is 1. The van der Waals surface area contributed by atoms with Crippen molar-refractivity contribution in [2.45, 2.75) is 25.3 Å². The average Bonchev–Trinajstić information content (AvgIpc) is 2.93. The summed E-state index contributed by atoms with van der Waals surface area (Å²) in [5.74, 6) is -1.40. The van der Waals surface area contributed by atoms with Crippen LogP contribution in [0.1, 0.15) is 30.0 Å². The molecule has 0 aliphatic carbocycles. The third-order valence-electron chi connectivity index (χ3n) is 4.93. The fourth-order valence-electron chi connectivity index (χ4n) is 3.43. The van der Waals surface area contributed by atoms with E-state index in [1.807, 2.05) is 0 Å². The van der Waals surface area contributed by atoms with Gasteiger partial charge in [0, 0.05) is 20.0 Å². The molecule has 6 nitrogen and oxygen atoms in total. The first kappa shape index (κ1) is 21.4. The SMILES string of the molecule is CN1CC(=O)N(CCCC(=O)NC(Cc2cccc(F)c2)c2cccc(F)c2)C1=O. The van der Waals surface area contributed by atoms with Crippen LogP contribution < -0.4 is 5.32 Å². The first-order chi connectivity index (χ1) is 14.3. The fourth-order valence-corrected chi connectivity index (χ4v) is 3.43. The lowest BCUT2D eigenvalue weighted by Gasteiger charge is -2.20. The van der Waals surface area contributed by atoms with Gasteiger partial charge in [0.05, 0.1) is 6.04 Å². The summed E-state index contributed by atoms with van der Waals surface area (Å²) in [5.41, 5.74) is 1.24. The third kappa shape index (κ3) is 5.40. The third-order valence-corrected chi connectivity index (χ3v) is 4.93. The summed E-state index contributed by atoms with van der Waals surface area (Å²) < 4.78 is 27.2. The molecule has 30 heavy (non-hydrogen) atoms. The summed E-state index contributed by atoms with van der Waals surface area (Å²) in [7, 11) is 1.54. The maximum absolute atomic E-state index is 13.7. The van der Waals surface area contributed by atoms with Gasteiger partial charge in [0.1, 0.15) is 18.2 Å². The summed E-state index contributed by atoms with van der Waals surface area (Å²) in [6.07, 6.45) is 0.698. The minimum atomic E-state index is -0.545. The monoisotopic (exact) mass is 415 g/mol. The molecule has 2 aromatic carbocycles. The van der Waals surface area contributed by atoms with E-state index in [4.69, 9.17) is 0 Å². The highest BCUT2D eigenvalue weighted by Gasteiger charge is 2.32. The van der Waals surface area contributed by atoms with Crippen molar-refractivity contribution in [1.82, 2.24) is 15.1 Å². The van der Waals surface area contributed by atoms with Crippen molar-refractivity contribution >= 4 is 17.8 Å². The second kappa shape index (κ2) is 9.47. The lowest BCUT2D eigenvalue weighted by molar-refractivity contribution is -0.126. The molecule has 158 valence electrons. The van der Waals surface area contributed by atoms with E-state index in [1.54, 1.807) is 31.3 Å². The Bertz CT molecular complexity index is 951. The highest BCUT2D eigenvalue weighted by molar-refractivity contribution is 6.01. The zero-order chi connectivity index (χ0) is 21.7. The molecule has 0 spiro atoms. The van der Waals surface area contributed by atoms with Crippen molar-refractivity contribution in [3.8, 4) is 0 Å². The van der Waals surface area contributed by atoms with Gasteiger partial charge in [-0.1, -0.05) is 24.3 Å². The van der Waals surface area contributed by atoms with Crippen LogP contribution in [0.3, 0.4) is 0 Å². The van der Waals surface area contributed by atoms with E-state index in [9.17, 15) is 23.2 Å². The van der Waals surface area contributed by atoms with Crippen LogP contribution in [0, 0.1) is 11.6 Å². The van der Waals surface area contributed by atoms with Crippen LogP contribution in [0.4, 0.5) is 13.6 Å². The standard InChI is InChI=1S/C22H23F2N3O3/c1-26-14-21(29)27(22(26)30)10-4-9-20(28)25-19(16-6-3-8-18(24)13-16)12-15-5-2-7-17(23)11-15/h2-3,5-8,11,13,19H,4,9-10,12,14H2,1H3,(H,25,28). The number of hydrogen-bond acceptors (Lipinski definition) is 3. The molecule has 1 fully saturated rings. The Morgan fingerprint density at radius 3 is 2.43 bits per heavy atom. The van der Waals surface area contributed by atoms with Crippen molar-refractivity contribution in [2.24, 2.45) is 0 Å². The smallest absolute Gasteiger partial charge is 0.326 e. The molecular formula is C22H23F2N3O3. The van der Waals surface area contributed by atoms with Gasteiger partial charge >= 0.3 is 6.03 Å². The Morgan fingerprint density at radius 2 is 1.80 bits per heavy atom. The van der Waals surface area contributed by atoms with Gasteiger partial charge in [-0.05, 0) is 48.2 Å². The number of urea groups is 1. The Labute approximate surface area is 173 Å². The molecule has 0 saturated carbocycles. The predicted octanol–water partition coefficient (Wildman–Crippen LogP) is 3.04. The lowest BCUT2D eigenvalue weighted by atomic mass is 9.98. The van der Waals surface area contributed by atoms with Crippen LogP contribution in [0.25, 0.3) is 0 Å². The summed E-state index contributed by atoms with van der Waals surface area (Å²) >= 11 is 0. The second-order valence-corrected chi connectivity index (χ2v) is 7.30. The van der Waals surface area contributed by atoms with Gasteiger partial charge in [0.15, 0.2) is 0 Å². The van der Waals surface area contributed by atoms with Crippen LogP contribution in [-0.4, -0.2) is 47.8 Å². The highest BCUT2D eigenvalue weighted by Crippen LogP contribution is 2.20. The maximum atomic E-state index is 13.7. The zero-order valence-electron chi connectivity index (χ0n) is 16.6. The molecule has 2 aromatic rings. The topological polar surface area (TPSA) is 69.7 Å². The molecule has 4 amide bonds. The van der Waals surface area contributed by atoms with Gasteiger partial charge in [-0.15, -0.1) is 0 Å². The van der Waals surface area contributed by atoms with Gasteiger partial charge in [0.25, 0.3) is 0 Å². The van der Waals surface area contributed by atoms with E-state index in [-0.39, 0.29) is 43.2 Å². The molecule has 1 aliphatic heterocycles. The Kier molecular flexibility index (Phi) is 6.76. The molecule has 8 heteroatoms. The molecule has 1 aliphatic rings. The number of halogens is 2. The van der Waals surface area contributed by atoms with E-state index in [0.29, 0.717) is 24.0 Å². The first-order valence-corrected chi connectivity index (χ1v) is 9.68. The summed E-state index contributed by atoms with van der Waals surface area (Å²) in [6.45, 7) is 0.199. The van der Waals surface area contributed by atoms with Gasteiger partial charge < -0.3 is 10.2 Å². The van der Waals surface area contributed by atoms with E-state index in [1.165, 1.54) is 29.2 Å². The minimum Gasteiger partial charge on any atom is -0.349 e. The maximum Gasteiger partial charge on any atom is 0.326 e. The first-order valence-electron chi connectivity index (χ1n) is 9.68. The van der Waals surface area contributed by atoms with Crippen LogP contribution in [-0.2, 0) is 16.0 Å². The molecular weight excluding hydrogens is 392 g/mol. The zero-order valence-corrected chi connectivity index (χ0v) is 16.6. The van der Waals surface area contributed by atoms with E-state index >= 15 is 0 Å². The minimum absolute atomic E-state index is 0.0420. The van der Waals surface area contributed by atoms with Crippen molar-refractivity contribution < 1.29 is 23.2 Å². The number of imide groups is 1. The van der Waals surface area contributed by atoms with Crippen molar-refractivity contribution in [3.05, 3.63) is 71.3 Å². The van der Waals surface area contributed by atoms with Gasteiger partial charge in [-0.2, -0.15) is 0 Å². The summed E-state index contributed by atoms with van der Waals surface area (Å²) in [6, 6.07) is 11.0. The predicted molar refractivity (Wildman–Crippen MR) is 106 cm³/mol. The molecule has 0 aromatic heterocycles. The quantitative estimate of drug-likeness (QED) is 0.674. The van der Waals surface area contributed by atoms with Crippen LogP contribution in [0.15, 0.2) is 48.5 Å². The Balaban J connectivity index is 1.63. The Hall–Kier alpha value is -3.29. The molecule has 0 bridgehead atoms. The fraction of sp³-hybridized carbons (Fsp3) is 0.318. The van der Waals surface area contributed by atoms with Crippen molar-refractivity contribution in [1.29, 1.82) is 0 Å². The van der Waals surface area contributed by atoms with Crippen molar-refractivity contribution in [3.63, 3.8) is 0 Å². The number of benzene rings is 2. The molecule has 1 atom stereocenters. The number of carbonyl (C=O) groups excluding carboxylic acids is 3. The number of nitrogens with zero attached hydrogens (tertiary/aromatic N) is 2. The molecule has 1 N–H and O–H groups in total. The largest absolute Gasteiger partial charge is 0.349 e. The van der Waals surface area contributed by atoms with Crippen molar-refractivity contribution in [2.75, 3.05) is 20.1 Å². The Morgan fingerprint density at radius 1 is 1.10 bits per heavy atom. The van der Waals surface area contributed by atoms with E-state index in [2.05, 4.69) is 5.32 Å². The number of hydrogen-bond donors (Lipinski definition) is 1. The number of likely N-dealkylation sites (N-methyl/N-ethyl adjacent to an activating group) is 1. The van der Waals surface area contributed by atoms with Crippen LogP contribution >= 0.6 is 0 Å². The second-order valence-electron chi connectivity index (χ2n) is 7.30. The normalized spacial score (nSPS) is 14.9. The molecule has 0 radical (unpaired) electrons. The lowest BCUT2D eigenvalue weighted by Crippen LogP contribution is -2.34. The van der Waals surface area contributed by atoms with Gasteiger partial charge in [-0.25, -0.2) is 13.6 Å². The van der Waals surface area contributed by atoms with Crippen LogP contribution in [0.5, 0.6) is 0 Å². The molecule has 1 heterocycles. The number of rotatable bonds is 8. The highest BCUT2D eigenvalue weighted by atomic mass is 19.1. The average molecular weight is 415 g/mol. The van der Waals surface area contributed by atoms with Crippen LogP contribution in [0.2, 0.25) is 0 Å². The molecule has 3 rings (SSSR count). The number of carbonyl (C=O) groups is 3. The van der Waals surface area contributed by atoms with Gasteiger partial charge in [-0.3, -0.25) is 14.5 Å². The van der Waals surface area contributed by atoms with E-state index in [0.717, 1.165) is 4.90 Å². The molecule has 1 saturated heterocycles. The summed E-state index contributed by atoms with van der Waals surface area (Å²) in [4.78, 5) is 38.6. The summed E-state index contributed by atoms with van der Waals surface area (Å²) in [5, 5.41) is 2.86. The molecule has 1 unspecified atom stereocenters. The number of amides is 4. The van der Waals surface area contributed by atoms with E-state index < -0.39 is 11.9 Å².